The minimum absolute atomic E-state index is 0.164. The third kappa shape index (κ3) is 5.62. The van der Waals surface area contributed by atoms with Crippen LogP contribution in [0.4, 0.5) is 10.2 Å². The topological polar surface area (TPSA) is 29.0 Å². The molecular formula is C19H28FN3. The summed E-state index contributed by atoms with van der Waals surface area (Å²) in [5, 5.41) is 0. The summed E-state index contributed by atoms with van der Waals surface area (Å²) in [6.07, 6.45) is 3.51. The number of hydrogen-bond acceptors (Lipinski definition) is 3. The lowest BCUT2D eigenvalue weighted by molar-refractivity contribution is 0.581. The maximum Gasteiger partial charge on any atom is 0.147 e. The smallest absolute Gasteiger partial charge is 0.147 e. The molecule has 0 N–H and O–H groups in total. The predicted octanol–water partition coefficient (Wildman–Crippen LogP) is 4.92. The third-order valence-electron chi connectivity index (χ3n) is 3.61. The maximum absolute atomic E-state index is 13.2. The van der Waals surface area contributed by atoms with Crippen LogP contribution in [-0.2, 0) is 0 Å². The Bertz CT molecular complexity index is 599. The van der Waals surface area contributed by atoms with Crippen molar-refractivity contribution in [1.82, 2.24) is 9.97 Å². The van der Waals surface area contributed by atoms with E-state index in [2.05, 4.69) is 35.9 Å². The average molecular weight is 317 g/mol. The molecule has 0 amide bonds. The Morgan fingerprint density at radius 1 is 0.957 bits per heavy atom. The third-order valence-corrected chi connectivity index (χ3v) is 3.61. The zero-order valence-electron chi connectivity index (χ0n) is 15.3. The Hall–Kier alpha value is -1.97. The molecule has 2 aromatic heterocycles. The van der Waals surface area contributed by atoms with Crippen LogP contribution in [0.2, 0.25) is 0 Å². The van der Waals surface area contributed by atoms with E-state index in [1.165, 1.54) is 5.56 Å². The number of anilines is 1. The highest BCUT2D eigenvalue weighted by molar-refractivity contribution is 5.39. The van der Waals surface area contributed by atoms with Gasteiger partial charge in [0.15, 0.2) is 0 Å². The van der Waals surface area contributed by atoms with Gasteiger partial charge in [0.05, 0.1) is 5.69 Å². The monoisotopic (exact) mass is 317 g/mol. The zero-order valence-corrected chi connectivity index (χ0v) is 15.3. The molecule has 0 unspecified atom stereocenters. The summed E-state index contributed by atoms with van der Waals surface area (Å²) in [5.74, 6) is 1.67. The van der Waals surface area contributed by atoms with Crippen molar-refractivity contribution in [3.05, 3.63) is 53.2 Å². The molecule has 3 nitrogen and oxygen atoms in total. The standard InChI is InChI=1S/C10H16N2.C9H12FN/c1-8(2)9-5-6-11-10(7-9)12(3)4;1-6(2)8-4-5-11-7(3)9(8)10/h5-8H,1-4H3;4-6H,1-3H3. The number of rotatable bonds is 3. The molecule has 2 heterocycles. The lowest BCUT2D eigenvalue weighted by Gasteiger charge is -2.13. The largest absolute Gasteiger partial charge is 0.363 e. The second kappa shape index (κ2) is 8.61. The van der Waals surface area contributed by atoms with Crippen LogP contribution in [-0.4, -0.2) is 24.1 Å². The lowest BCUT2D eigenvalue weighted by Crippen LogP contribution is -2.10. The Morgan fingerprint density at radius 3 is 2.04 bits per heavy atom. The van der Waals surface area contributed by atoms with Gasteiger partial charge in [0.1, 0.15) is 11.6 Å². The van der Waals surface area contributed by atoms with Crippen molar-refractivity contribution < 1.29 is 4.39 Å². The number of nitrogens with zero attached hydrogens (tertiary/aromatic N) is 3. The van der Waals surface area contributed by atoms with Crippen molar-refractivity contribution in [3.8, 4) is 0 Å². The van der Waals surface area contributed by atoms with Crippen LogP contribution >= 0.6 is 0 Å². The van der Waals surface area contributed by atoms with Crippen molar-refractivity contribution in [2.24, 2.45) is 0 Å². The Balaban J connectivity index is 0.000000231. The molecule has 0 radical (unpaired) electrons. The van der Waals surface area contributed by atoms with E-state index in [4.69, 9.17) is 0 Å². The van der Waals surface area contributed by atoms with Crippen molar-refractivity contribution in [2.45, 2.75) is 46.5 Å². The van der Waals surface area contributed by atoms with E-state index in [0.717, 1.165) is 11.4 Å². The molecule has 0 bridgehead atoms. The summed E-state index contributed by atoms with van der Waals surface area (Å²) >= 11 is 0. The summed E-state index contributed by atoms with van der Waals surface area (Å²) < 4.78 is 13.2. The summed E-state index contributed by atoms with van der Waals surface area (Å²) in [4.78, 5) is 10.1. The van der Waals surface area contributed by atoms with Crippen LogP contribution in [0.5, 0.6) is 0 Å². The highest BCUT2D eigenvalue weighted by Crippen LogP contribution is 2.18. The van der Waals surface area contributed by atoms with Crippen LogP contribution < -0.4 is 4.90 Å². The molecule has 2 aromatic rings. The van der Waals surface area contributed by atoms with Crippen molar-refractivity contribution in [3.63, 3.8) is 0 Å². The molecule has 0 fully saturated rings. The van der Waals surface area contributed by atoms with Gasteiger partial charge in [-0.05, 0) is 48.1 Å². The molecule has 126 valence electrons. The Morgan fingerprint density at radius 2 is 1.57 bits per heavy atom. The van der Waals surface area contributed by atoms with Gasteiger partial charge >= 0.3 is 0 Å². The van der Waals surface area contributed by atoms with Crippen LogP contribution in [0.15, 0.2) is 30.6 Å². The molecule has 4 heteroatoms. The number of aryl methyl sites for hydroxylation is 1. The fourth-order valence-corrected chi connectivity index (χ4v) is 2.05. The fraction of sp³-hybridized carbons (Fsp3) is 0.474. The van der Waals surface area contributed by atoms with Gasteiger partial charge in [-0.2, -0.15) is 0 Å². The highest BCUT2D eigenvalue weighted by atomic mass is 19.1. The van der Waals surface area contributed by atoms with Gasteiger partial charge in [-0.25, -0.2) is 9.37 Å². The second-order valence-corrected chi connectivity index (χ2v) is 6.45. The molecule has 0 saturated carbocycles. The van der Waals surface area contributed by atoms with Crippen molar-refractivity contribution in [1.29, 1.82) is 0 Å². The fourth-order valence-electron chi connectivity index (χ4n) is 2.05. The van der Waals surface area contributed by atoms with Crippen LogP contribution in [0.1, 0.15) is 56.4 Å². The first-order chi connectivity index (χ1) is 10.7. The SMILES string of the molecule is CC(C)c1ccnc(N(C)C)c1.Cc1nccc(C(C)C)c1F. The number of aromatic nitrogens is 2. The van der Waals surface area contributed by atoms with E-state index in [9.17, 15) is 4.39 Å². The van der Waals surface area contributed by atoms with E-state index in [1.807, 2.05) is 39.0 Å². The number of hydrogen-bond donors (Lipinski definition) is 0. The quantitative estimate of drug-likeness (QED) is 0.804. The van der Waals surface area contributed by atoms with Gasteiger partial charge in [0.2, 0.25) is 0 Å². The Labute approximate surface area is 139 Å². The first kappa shape index (κ1) is 19.1. The van der Waals surface area contributed by atoms with Crippen molar-refractivity contribution >= 4 is 5.82 Å². The minimum Gasteiger partial charge on any atom is -0.363 e. The van der Waals surface area contributed by atoms with Crippen molar-refractivity contribution in [2.75, 3.05) is 19.0 Å². The number of pyridine rings is 2. The second-order valence-electron chi connectivity index (χ2n) is 6.45. The average Bonchev–Trinajstić information content (AvgIpc) is 2.50. The van der Waals surface area contributed by atoms with Crippen LogP contribution in [0.25, 0.3) is 0 Å². The molecule has 0 atom stereocenters. The lowest BCUT2D eigenvalue weighted by atomic mass is 10.0. The van der Waals surface area contributed by atoms with Gasteiger partial charge in [0.25, 0.3) is 0 Å². The first-order valence-corrected chi connectivity index (χ1v) is 7.98. The van der Waals surface area contributed by atoms with E-state index in [1.54, 1.807) is 19.2 Å². The van der Waals surface area contributed by atoms with Crippen LogP contribution in [0.3, 0.4) is 0 Å². The minimum atomic E-state index is -0.164. The molecule has 0 aliphatic carbocycles. The summed E-state index contributed by atoms with van der Waals surface area (Å²) in [7, 11) is 4.01. The molecule has 0 saturated heterocycles. The normalized spacial score (nSPS) is 10.5. The van der Waals surface area contributed by atoms with Gasteiger partial charge in [-0.1, -0.05) is 27.7 Å². The van der Waals surface area contributed by atoms with Crippen LogP contribution in [0, 0.1) is 12.7 Å². The van der Waals surface area contributed by atoms with E-state index in [-0.39, 0.29) is 11.7 Å². The maximum atomic E-state index is 13.2. The van der Waals surface area contributed by atoms with E-state index in [0.29, 0.717) is 11.6 Å². The zero-order chi connectivity index (χ0) is 17.6. The van der Waals surface area contributed by atoms with Gasteiger partial charge in [-0.15, -0.1) is 0 Å². The summed E-state index contributed by atoms with van der Waals surface area (Å²) in [6.45, 7) is 10.0. The Kier molecular flexibility index (Phi) is 7.14. The van der Waals surface area contributed by atoms with Gasteiger partial charge < -0.3 is 4.90 Å². The molecule has 23 heavy (non-hydrogen) atoms. The molecule has 0 aliphatic heterocycles. The molecule has 0 spiro atoms. The van der Waals surface area contributed by atoms with E-state index < -0.39 is 0 Å². The molecular weight excluding hydrogens is 289 g/mol. The van der Waals surface area contributed by atoms with Gasteiger partial charge in [0, 0.05) is 26.5 Å². The molecule has 2 rings (SSSR count). The molecule has 0 aromatic carbocycles. The first-order valence-electron chi connectivity index (χ1n) is 7.98. The summed E-state index contributed by atoms with van der Waals surface area (Å²) in [5.41, 5.74) is 2.57. The highest BCUT2D eigenvalue weighted by Gasteiger charge is 2.08. The number of halogens is 1. The van der Waals surface area contributed by atoms with Gasteiger partial charge in [-0.3, -0.25) is 4.98 Å². The van der Waals surface area contributed by atoms with E-state index >= 15 is 0 Å². The molecule has 0 aliphatic rings. The summed E-state index contributed by atoms with van der Waals surface area (Å²) in [6, 6.07) is 5.93. The predicted molar refractivity (Wildman–Crippen MR) is 95.7 cm³/mol.